The number of H-pyrrole nitrogens is 1. The predicted octanol–water partition coefficient (Wildman–Crippen LogP) is -0.625. The lowest BCUT2D eigenvalue weighted by Gasteiger charge is -2.19. The van der Waals surface area contributed by atoms with Crippen LogP contribution in [0.5, 0.6) is 0 Å². The fourth-order valence-electron chi connectivity index (χ4n) is 2.62. The Bertz CT molecular complexity index is 557. The Kier molecular flexibility index (Phi) is 6.09. The lowest BCUT2D eigenvalue weighted by molar-refractivity contribution is -0.122. The van der Waals surface area contributed by atoms with E-state index in [1.54, 1.807) is 6.92 Å². The fourth-order valence-corrected chi connectivity index (χ4v) is 2.62. The lowest BCUT2D eigenvalue weighted by atomic mass is 10.3. The topological polar surface area (TPSA) is 81.3 Å². The van der Waals surface area contributed by atoms with Gasteiger partial charge in [0, 0.05) is 37.8 Å². The molecule has 2 rings (SSSR count). The number of aromatic amines is 1. The second-order valence-electron chi connectivity index (χ2n) is 5.86. The molecular formula is C15H25N5O2. The van der Waals surface area contributed by atoms with Gasteiger partial charge in [0.1, 0.15) is 5.82 Å². The summed E-state index contributed by atoms with van der Waals surface area (Å²) >= 11 is 0. The van der Waals surface area contributed by atoms with Crippen LogP contribution >= 0.6 is 0 Å². The molecule has 1 aromatic rings. The Balaban J connectivity index is 1.72. The first-order valence-electron chi connectivity index (χ1n) is 7.77. The van der Waals surface area contributed by atoms with E-state index in [1.165, 1.54) is 6.07 Å². The molecule has 7 nitrogen and oxygen atoms in total. The molecule has 0 bridgehead atoms. The van der Waals surface area contributed by atoms with Crippen LogP contribution in [0, 0.1) is 6.92 Å². The number of nitrogens with one attached hydrogen (secondary N) is 2. The van der Waals surface area contributed by atoms with Crippen LogP contribution in [-0.4, -0.2) is 72.0 Å². The molecule has 0 atom stereocenters. The smallest absolute Gasteiger partial charge is 0.251 e. The van der Waals surface area contributed by atoms with E-state index >= 15 is 0 Å². The summed E-state index contributed by atoms with van der Waals surface area (Å²) in [4.78, 5) is 34.6. The van der Waals surface area contributed by atoms with Crippen LogP contribution in [0.15, 0.2) is 10.9 Å². The zero-order valence-electron chi connectivity index (χ0n) is 13.4. The van der Waals surface area contributed by atoms with E-state index < -0.39 is 0 Å². The summed E-state index contributed by atoms with van der Waals surface area (Å²) in [6.45, 7) is 6.68. The van der Waals surface area contributed by atoms with Gasteiger partial charge in [0.25, 0.3) is 5.56 Å². The Morgan fingerprint density at radius 3 is 2.95 bits per heavy atom. The summed E-state index contributed by atoms with van der Waals surface area (Å²) < 4.78 is 0. The molecule has 1 aliphatic heterocycles. The molecule has 1 aromatic heterocycles. The van der Waals surface area contributed by atoms with Gasteiger partial charge in [-0.25, -0.2) is 4.98 Å². The monoisotopic (exact) mass is 307 g/mol. The van der Waals surface area contributed by atoms with Gasteiger partial charge in [-0.15, -0.1) is 0 Å². The number of carbonyl (C=O) groups excluding carboxylic acids is 1. The Morgan fingerprint density at radius 1 is 1.36 bits per heavy atom. The maximum atomic E-state index is 12.0. The number of nitrogens with zero attached hydrogens (tertiary/aromatic N) is 3. The minimum atomic E-state index is -0.150. The third-order valence-electron chi connectivity index (χ3n) is 3.80. The van der Waals surface area contributed by atoms with Crippen LogP contribution in [0.25, 0.3) is 0 Å². The third kappa shape index (κ3) is 5.57. The van der Waals surface area contributed by atoms with Crippen LogP contribution in [-0.2, 0) is 11.2 Å². The first-order chi connectivity index (χ1) is 10.5. The van der Waals surface area contributed by atoms with Crippen molar-refractivity contribution >= 4 is 5.91 Å². The maximum Gasteiger partial charge on any atom is 0.251 e. The van der Waals surface area contributed by atoms with Gasteiger partial charge in [0.2, 0.25) is 5.91 Å². The van der Waals surface area contributed by atoms with E-state index in [-0.39, 0.29) is 11.5 Å². The van der Waals surface area contributed by atoms with Crippen molar-refractivity contribution in [1.29, 1.82) is 0 Å². The number of hydrogen-bond acceptors (Lipinski definition) is 5. The summed E-state index contributed by atoms with van der Waals surface area (Å²) in [7, 11) is 2.11. The molecule has 1 aliphatic rings. The van der Waals surface area contributed by atoms with Gasteiger partial charge in [-0.05, 0) is 33.5 Å². The molecule has 0 aromatic carbocycles. The molecule has 0 unspecified atom stereocenters. The van der Waals surface area contributed by atoms with Crippen molar-refractivity contribution in [3.8, 4) is 0 Å². The number of aryl methyl sites for hydroxylation is 1. The molecule has 0 saturated carbocycles. The van der Waals surface area contributed by atoms with E-state index in [2.05, 4.69) is 32.1 Å². The van der Waals surface area contributed by atoms with E-state index in [0.717, 1.165) is 32.6 Å². The highest BCUT2D eigenvalue weighted by Crippen LogP contribution is 2.00. The highest BCUT2D eigenvalue weighted by molar-refractivity contribution is 5.78. The minimum absolute atomic E-state index is 0.0334. The number of hydrogen-bond donors (Lipinski definition) is 2. The molecule has 2 heterocycles. The Morgan fingerprint density at radius 2 is 2.18 bits per heavy atom. The van der Waals surface area contributed by atoms with Crippen molar-refractivity contribution in [1.82, 2.24) is 25.1 Å². The number of amides is 1. The van der Waals surface area contributed by atoms with Gasteiger partial charge >= 0.3 is 0 Å². The van der Waals surface area contributed by atoms with E-state index in [0.29, 0.717) is 31.0 Å². The van der Waals surface area contributed by atoms with Crippen LogP contribution < -0.4 is 10.9 Å². The average molecular weight is 307 g/mol. The van der Waals surface area contributed by atoms with Crippen LogP contribution in [0.3, 0.4) is 0 Å². The van der Waals surface area contributed by atoms with Crippen LogP contribution in [0.1, 0.15) is 17.9 Å². The van der Waals surface area contributed by atoms with Gasteiger partial charge in [-0.1, -0.05) is 0 Å². The zero-order chi connectivity index (χ0) is 15.9. The Labute approximate surface area is 130 Å². The van der Waals surface area contributed by atoms with Crippen LogP contribution in [0.2, 0.25) is 0 Å². The summed E-state index contributed by atoms with van der Waals surface area (Å²) in [5.74, 6) is 0.633. The highest BCUT2D eigenvalue weighted by Gasteiger charge is 2.14. The minimum Gasteiger partial charge on any atom is -0.355 e. The van der Waals surface area contributed by atoms with Crippen molar-refractivity contribution in [3.63, 3.8) is 0 Å². The molecule has 0 spiro atoms. The van der Waals surface area contributed by atoms with E-state index in [1.807, 2.05) is 0 Å². The Hall–Kier alpha value is -1.73. The average Bonchev–Trinajstić information content (AvgIpc) is 2.62. The van der Waals surface area contributed by atoms with Crippen molar-refractivity contribution in [2.24, 2.45) is 0 Å². The summed E-state index contributed by atoms with van der Waals surface area (Å²) in [6.07, 6.45) is 1.67. The maximum absolute atomic E-state index is 12.0. The molecule has 0 aliphatic carbocycles. The molecule has 7 heteroatoms. The summed E-state index contributed by atoms with van der Waals surface area (Å²) in [5, 5.41) is 2.90. The summed E-state index contributed by atoms with van der Waals surface area (Å²) in [5.41, 5.74) is 0.556. The fraction of sp³-hybridized carbons (Fsp3) is 0.667. The van der Waals surface area contributed by atoms with Gasteiger partial charge in [0.15, 0.2) is 0 Å². The molecule has 122 valence electrons. The number of likely N-dealkylation sites (N-methyl/N-ethyl adjacent to an activating group) is 1. The molecule has 2 N–H and O–H groups in total. The number of aromatic nitrogens is 2. The van der Waals surface area contributed by atoms with Crippen molar-refractivity contribution < 1.29 is 4.79 Å². The van der Waals surface area contributed by atoms with Crippen molar-refractivity contribution in [2.75, 3.05) is 46.3 Å². The highest BCUT2D eigenvalue weighted by atomic mass is 16.2. The third-order valence-corrected chi connectivity index (χ3v) is 3.80. The zero-order valence-corrected chi connectivity index (χ0v) is 13.4. The normalized spacial score (nSPS) is 17.2. The standard InChI is InChI=1S/C15H25N5O2/c1-12-17-13(10-14(21)18-12)4-5-16-15(22)11-20-7-3-6-19(2)8-9-20/h10H,3-9,11H2,1-2H3,(H,16,22)(H,17,18,21). The van der Waals surface area contributed by atoms with E-state index in [4.69, 9.17) is 0 Å². The van der Waals surface area contributed by atoms with Gasteiger partial charge in [-0.3, -0.25) is 14.5 Å². The second kappa shape index (κ2) is 8.05. The van der Waals surface area contributed by atoms with Crippen molar-refractivity contribution in [2.45, 2.75) is 19.8 Å². The predicted molar refractivity (Wildman–Crippen MR) is 84.9 cm³/mol. The quantitative estimate of drug-likeness (QED) is 0.757. The molecular weight excluding hydrogens is 282 g/mol. The first kappa shape index (κ1) is 16.6. The summed E-state index contributed by atoms with van der Waals surface area (Å²) in [6, 6.07) is 1.48. The lowest BCUT2D eigenvalue weighted by Crippen LogP contribution is -2.39. The SMILES string of the molecule is Cc1nc(CCNC(=O)CN2CCCN(C)CC2)cc(=O)[nH]1. The molecule has 0 radical (unpaired) electrons. The number of rotatable bonds is 5. The largest absolute Gasteiger partial charge is 0.355 e. The van der Waals surface area contributed by atoms with Gasteiger partial charge in [-0.2, -0.15) is 0 Å². The molecule has 22 heavy (non-hydrogen) atoms. The van der Waals surface area contributed by atoms with Gasteiger partial charge < -0.3 is 15.2 Å². The van der Waals surface area contributed by atoms with E-state index in [9.17, 15) is 9.59 Å². The number of carbonyl (C=O) groups is 1. The molecule has 1 fully saturated rings. The van der Waals surface area contributed by atoms with Crippen LogP contribution in [0.4, 0.5) is 0 Å². The van der Waals surface area contributed by atoms with Gasteiger partial charge in [0.05, 0.1) is 6.54 Å². The molecule has 1 saturated heterocycles. The van der Waals surface area contributed by atoms with Crippen molar-refractivity contribution in [3.05, 3.63) is 27.9 Å². The second-order valence-corrected chi connectivity index (χ2v) is 5.86. The first-order valence-corrected chi connectivity index (χ1v) is 7.77. The molecule has 1 amide bonds.